The number of aliphatic carboxylic acids is 1. The van der Waals surface area contributed by atoms with E-state index in [1.54, 1.807) is 19.1 Å². The Morgan fingerprint density at radius 1 is 1.28 bits per heavy atom. The van der Waals surface area contributed by atoms with Gasteiger partial charge in [0.05, 0.1) is 20.1 Å². The highest BCUT2D eigenvalue weighted by Gasteiger charge is 2.34. The molecule has 1 N–H and O–H groups in total. The van der Waals surface area contributed by atoms with Crippen LogP contribution in [0.3, 0.4) is 0 Å². The molecule has 138 valence electrons. The van der Waals surface area contributed by atoms with Gasteiger partial charge >= 0.3 is 5.97 Å². The van der Waals surface area contributed by atoms with Crippen molar-refractivity contribution in [3.8, 4) is 11.5 Å². The second-order valence-electron chi connectivity index (χ2n) is 6.45. The zero-order valence-corrected chi connectivity index (χ0v) is 15.2. The second kappa shape index (κ2) is 8.74. The first kappa shape index (κ1) is 19.1. The second-order valence-corrected chi connectivity index (χ2v) is 6.45. The van der Waals surface area contributed by atoms with Gasteiger partial charge in [0.1, 0.15) is 11.5 Å². The molecule has 1 aliphatic rings. The van der Waals surface area contributed by atoms with E-state index >= 15 is 0 Å². The quantitative estimate of drug-likeness (QED) is 0.819. The van der Waals surface area contributed by atoms with Gasteiger partial charge in [-0.25, -0.2) is 0 Å². The summed E-state index contributed by atoms with van der Waals surface area (Å²) in [5.41, 5.74) is 1.03. The summed E-state index contributed by atoms with van der Waals surface area (Å²) >= 11 is 0. The Balaban J connectivity index is 1.91. The van der Waals surface area contributed by atoms with E-state index in [1.165, 1.54) is 0 Å². The van der Waals surface area contributed by atoms with E-state index in [4.69, 9.17) is 9.47 Å². The van der Waals surface area contributed by atoms with Crippen molar-refractivity contribution in [2.45, 2.75) is 45.1 Å². The number of ether oxygens (including phenoxy) is 2. The predicted octanol–water partition coefficient (Wildman–Crippen LogP) is 2.74. The van der Waals surface area contributed by atoms with Crippen LogP contribution in [-0.2, 0) is 16.0 Å². The van der Waals surface area contributed by atoms with Crippen LogP contribution < -0.4 is 9.47 Å². The number of nitrogens with zero attached hydrogens (tertiary/aromatic N) is 1. The van der Waals surface area contributed by atoms with Crippen LogP contribution in [0.1, 0.15) is 38.2 Å². The number of hydrogen-bond donors (Lipinski definition) is 1. The summed E-state index contributed by atoms with van der Waals surface area (Å²) in [5, 5.41) is 9.27. The minimum Gasteiger partial charge on any atom is -0.497 e. The van der Waals surface area contributed by atoms with E-state index in [0.717, 1.165) is 29.9 Å². The maximum absolute atomic E-state index is 12.5. The van der Waals surface area contributed by atoms with Crippen LogP contribution in [0.5, 0.6) is 11.5 Å². The van der Waals surface area contributed by atoms with Crippen LogP contribution in [0.4, 0.5) is 0 Å². The van der Waals surface area contributed by atoms with Gasteiger partial charge in [0.15, 0.2) is 0 Å². The fourth-order valence-corrected chi connectivity index (χ4v) is 3.46. The van der Waals surface area contributed by atoms with Crippen molar-refractivity contribution in [2.75, 3.05) is 20.8 Å². The van der Waals surface area contributed by atoms with Crippen molar-refractivity contribution < 1.29 is 24.2 Å². The van der Waals surface area contributed by atoms with E-state index in [-0.39, 0.29) is 11.9 Å². The molecule has 0 bridgehead atoms. The summed E-state index contributed by atoms with van der Waals surface area (Å²) in [6.45, 7) is 2.48. The summed E-state index contributed by atoms with van der Waals surface area (Å²) in [6, 6.07) is 5.42. The fourth-order valence-electron chi connectivity index (χ4n) is 3.46. The number of carbonyl (C=O) groups is 2. The van der Waals surface area contributed by atoms with Gasteiger partial charge in [-0.3, -0.25) is 9.59 Å². The smallest absolute Gasteiger partial charge is 0.308 e. The molecule has 1 aliphatic heterocycles. The number of rotatable bonds is 7. The number of likely N-dealkylation sites (tertiary alicyclic amines) is 1. The maximum atomic E-state index is 12.5. The summed E-state index contributed by atoms with van der Waals surface area (Å²) in [5.74, 6) is 0.251. The molecule has 0 radical (unpaired) electrons. The number of aryl methyl sites for hydroxylation is 1. The normalized spacial score (nSPS) is 20.2. The number of benzene rings is 1. The van der Waals surface area contributed by atoms with Crippen molar-refractivity contribution >= 4 is 11.9 Å². The van der Waals surface area contributed by atoms with Crippen molar-refractivity contribution in [2.24, 2.45) is 5.92 Å². The molecule has 1 aromatic rings. The topological polar surface area (TPSA) is 76.1 Å². The van der Waals surface area contributed by atoms with Crippen molar-refractivity contribution in [3.05, 3.63) is 23.8 Å². The lowest BCUT2D eigenvalue weighted by molar-refractivity contribution is -0.149. The lowest BCUT2D eigenvalue weighted by atomic mass is 9.90. The highest BCUT2D eigenvalue weighted by atomic mass is 16.5. The van der Waals surface area contributed by atoms with Gasteiger partial charge in [-0.15, -0.1) is 0 Å². The molecule has 1 fully saturated rings. The van der Waals surface area contributed by atoms with Gasteiger partial charge < -0.3 is 19.5 Å². The number of carboxylic acids is 1. The molecule has 2 atom stereocenters. The average Bonchev–Trinajstić information content (AvgIpc) is 2.61. The maximum Gasteiger partial charge on any atom is 0.308 e. The lowest BCUT2D eigenvalue weighted by Gasteiger charge is -2.37. The first-order valence-corrected chi connectivity index (χ1v) is 8.71. The predicted molar refractivity (Wildman–Crippen MR) is 94.0 cm³/mol. The Kier molecular flexibility index (Phi) is 6.67. The minimum absolute atomic E-state index is 0.0333. The number of amides is 1. The average molecular weight is 349 g/mol. The third kappa shape index (κ3) is 4.65. The number of carbonyl (C=O) groups excluding carboxylic acids is 1. The molecule has 0 saturated carbocycles. The van der Waals surface area contributed by atoms with Gasteiger partial charge in [0.25, 0.3) is 0 Å². The largest absolute Gasteiger partial charge is 0.497 e. The molecule has 1 saturated heterocycles. The van der Waals surface area contributed by atoms with Crippen LogP contribution in [0, 0.1) is 5.92 Å². The van der Waals surface area contributed by atoms with E-state index < -0.39 is 11.9 Å². The van der Waals surface area contributed by atoms with Crippen molar-refractivity contribution in [1.82, 2.24) is 4.90 Å². The summed E-state index contributed by atoms with van der Waals surface area (Å²) in [7, 11) is 3.22. The van der Waals surface area contributed by atoms with E-state index in [0.29, 0.717) is 25.8 Å². The van der Waals surface area contributed by atoms with E-state index in [9.17, 15) is 14.7 Å². The standard InChI is InChI=1S/C19H27NO5/c1-13-16(19(22)23)7-5-11-20(13)18(21)8-4-6-14-9-10-15(24-2)12-17(14)25-3/h9-10,12-13,16H,4-8,11H2,1-3H3,(H,22,23)/t13-,16-/m0/s1. The Bertz CT molecular complexity index is 616. The molecule has 0 aliphatic carbocycles. The summed E-state index contributed by atoms with van der Waals surface area (Å²) in [4.78, 5) is 25.5. The molecular weight excluding hydrogens is 322 g/mol. The Morgan fingerprint density at radius 3 is 2.68 bits per heavy atom. The molecule has 1 amide bonds. The molecule has 2 rings (SSSR count). The number of methoxy groups -OCH3 is 2. The summed E-state index contributed by atoms with van der Waals surface area (Å²) < 4.78 is 10.6. The number of piperidine rings is 1. The third-order valence-corrected chi connectivity index (χ3v) is 4.96. The van der Waals surface area contributed by atoms with Crippen molar-refractivity contribution in [1.29, 1.82) is 0 Å². The van der Waals surface area contributed by atoms with Gasteiger partial charge in [0, 0.05) is 25.1 Å². The first-order valence-electron chi connectivity index (χ1n) is 8.71. The van der Waals surface area contributed by atoms with Crippen LogP contribution in [0.15, 0.2) is 18.2 Å². The molecule has 0 unspecified atom stereocenters. The minimum atomic E-state index is -0.812. The first-order chi connectivity index (χ1) is 12.0. The number of carboxylic acid groups (broad SMARTS) is 1. The molecule has 0 spiro atoms. The third-order valence-electron chi connectivity index (χ3n) is 4.96. The highest BCUT2D eigenvalue weighted by Crippen LogP contribution is 2.27. The molecule has 25 heavy (non-hydrogen) atoms. The highest BCUT2D eigenvalue weighted by molar-refractivity contribution is 5.78. The molecule has 1 aromatic carbocycles. The monoisotopic (exact) mass is 349 g/mol. The van der Waals surface area contributed by atoms with Crippen LogP contribution in [0.2, 0.25) is 0 Å². The Morgan fingerprint density at radius 2 is 2.04 bits per heavy atom. The zero-order valence-electron chi connectivity index (χ0n) is 15.2. The zero-order chi connectivity index (χ0) is 18.4. The Hall–Kier alpha value is -2.24. The van der Waals surface area contributed by atoms with E-state index in [1.807, 2.05) is 25.1 Å². The van der Waals surface area contributed by atoms with Crippen molar-refractivity contribution in [3.63, 3.8) is 0 Å². The molecule has 1 heterocycles. The molecular formula is C19H27NO5. The number of hydrogen-bond acceptors (Lipinski definition) is 4. The van der Waals surface area contributed by atoms with Gasteiger partial charge in [-0.05, 0) is 44.2 Å². The van der Waals surface area contributed by atoms with Gasteiger partial charge in [-0.1, -0.05) is 6.07 Å². The van der Waals surface area contributed by atoms with Gasteiger partial charge in [0.2, 0.25) is 5.91 Å². The lowest BCUT2D eigenvalue weighted by Crippen LogP contribution is -2.49. The molecule has 6 nitrogen and oxygen atoms in total. The SMILES string of the molecule is COc1ccc(CCCC(=O)N2CCC[C@H](C(=O)O)[C@@H]2C)c(OC)c1. The fraction of sp³-hybridized carbons (Fsp3) is 0.579. The van der Waals surface area contributed by atoms with Gasteiger partial charge in [-0.2, -0.15) is 0 Å². The van der Waals surface area contributed by atoms with Crippen LogP contribution in [-0.4, -0.2) is 48.7 Å². The molecule has 6 heteroatoms. The molecule has 0 aromatic heterocycles. The summed E-state index contributed by atoms with van der Waals surface area (Å²) in [6.07, 6.45) is 3.22. The van der Waals surface area contributed by atoms with Crippen LogP contribution >= 0.6 is 0 Å². The van der Waals surface area contributed by atoms with E-state index in [2.05, 4.69) is 0 Å². The van der Waals surface area contributed by atoms with Crippen LogP contribution in [0.25, 0.3) is 0 Å². The Labute approximate surface area is 148 Å².